The van der Waals surface area contributed by atoms with Crippen LogP contribution in [0.15, 0.2) is 18.5 Å². The van der Waals surface area contributed by atoms with Gasteiger partial charge in [0.05, 0.1) is 0 Å². The van der Waals surface area contributed by atoms with Crippen LogP contribution in [0.25, 0.3) is 0 Å². The molecule has 1 nitrogen and oxygen atoms in total. The van der Waals surface area contributed by atoms with E-state index in [-0.39, 0.29) is 0 Å². The number of nitrogens with zero attached hydrogens (tertiary/aromatic N) is 1. The topological polar surface area (TPSA) is 12.9 Å². The number of aromatic nitrogens is 1. The van der Waals surface area contributed by atoms with Gasteiger partial charge in [-0.05, 0) is 34.4 Å². The van der Waals surface area contributed by atoms with Crippen LogP contribution in [0.4, 0.5) is 0 Å². The summed E-state index contributed by atoms with van der Waals surface area (Å²) in [6.07, 6.45) is 3.94. The predicted molar refractivity (Wildman–Crippen MR) is 54.8 cm³/mol. The molecule has 70 valence electrons. The average Bonchev–Trinajstić information content (AvgIpc) is 2.30. The minimum atomic E-state index is 0.317. The van der Waals surface area contributed by atoms with Gasteiger partial charge in [0, 0.05) is 12.4 Å². The molecular weight excluding hydrogens is 158 g/mol. The van der Waals surface area contributed by atoms with E-state index in [0.29, 0.717) is 17.3 Å². The molecule has 0 amide bonds. The average molecular weight is 175 g/mol. The Balaban J connectivity index is 2.61. The first-order valence-corrected chi connectivity index (χ1v) is 4.99. The highest BCUT2D eigenvalue weighted by atomic mass is 14.6. The first kappa shape index (κ1) is 8.74. The zero-order chi connectivity index (χ0) is 9.64. The molecule has 0 radical (unpaired) electrons. The van der Waals surface area contributed by atoms with Crippen molar-refractivity contribution >= 4 is 0 Å². The summed E-state index contributed by atoms with van der Waals surface area (Å²) in [6, 6.07) is 2.18. The minimum Gasteiger partial charge on any atom is -0.264 e. The smallest absolute Gasteiger partial charge is 0.0305 e. The Morgan fingerprint density at radius 3 is 2.62 bits per heavy atom. The maximum absolute atomic E-state index is 4.21. The Hall–Kier alpha value is -0.850. The lowest BCUT2D eigenvalue weighted by atomic mass is 9.78. The van der Waals surface area contributed by atoms with Crippen LogP contribution in [0, 0.1) is 5.92 Å². The molecule has 0 bridgehead atoms. The summed E-state index contributed by atoms with van der Waals surface area (Å²) < 4.78 is 0. The van der Waals surface area contributed by atoms with Crippen molar-refractivity contribution in [3.8, 4) is 0 Å². The summed E-state index contributed by atoms with van der Waals surface area (Å²) in [4.78, 5) is 4.21. The van der Waals surface area contributed by atoms with Crippen LogP contribution >= 0.6 is 0 Å². The lowest BCUT2D eigenvalue weighted by Crippen LogP contribution is -2.22. The third-order valence-corrected chi connectivity index (χ3v) is 3.92. The zero-order valence-electron chi connectivity index (χ0n) is 8.83. The van der Waals surface area contributed by atoms with E-state index in [1.54, 1.807) is 0 Å². The largest absolute Gasteiger partial charge is 0.264 e. The Bertz CT molecular complexity index is 328. The van der Waals surface area contributed by atoms with Crippen molar-refractivity contribution in [2.45, 2.75) is 39.0 Å². The number of hydrogen-bond acceptors (Lipinski definition) is 1. The van der Waals surface area contributed by atoms with Gasteiger partial charge in [-0.15, -0.1) is 0 Å². The fourth-order valence-corrected chi connectivity index (χ4v) is 2.50. The third-order valence-electron chi connectivity index (χ3n) is 3.92. The molecule has 0 saturated carbocycles. The van der Waals surface area contributed by atoms with Gasteiger partial charge in [-0.3, -0.25) is 4.98 Å². The first-order chi connectivity index (χ1) is 6.05. The summed E-state index contributed by atoms with van der Waals surface area (Å²) in [6.45, 7) is 9.31. The Labute approximate surface area is 80.2 Å². The molecule has 2 rings (SSSR count). The maximum atomic E-state index is 4.21. The molecule has 1 heteroatoms. The van der Waals surface area contributed by atoms with Gasteiger partial charge in [0.25, 0.3) is 0 Å². The Morgan fingerprint density at radius 1 is 1.31 bits per heavy atom. The molecule has 1 aliphatic rings. The molecule has 1 aromatic rings. The van der Waals surface area contributed by atoms with Gasteiger partial charge < -0.3 is 0 Å². The fraction of sp³-hybridized carbons (Fsp3) is 0.583. The summed E-state index contributed by atoms with van der Waals surface area (Å²) in [7, 11) is 0. The molecule has 1 heterocycles. The molecule has 0 spiro atoms. The zero-order valence-corrected chi connectivity index (χ0v) is 8.83. The van der Waals surface area contributed by atoms with Crippen LogP contribution in [-0.4, -0.2) is 4.98 Å². The highest BCUT2D eigenvalue weighted by molar-refractivity contribution is 5.40. The van der Waals surface area contributed by atoms with Crippen LogP contribution < -0.4 is 0 Å². The lowest BCUT2D eigenvalue weighted by Gasteiger charge is -2.26. The lowest BCUT2D eigenvalue weighted by molar-refractivity contribution is 0.342. The standard InChI is InChI=1S/C12H17N/c1-8-9(2)12(3,4)11-5-6-13-7-10(8)11/h5-9H,1-4H3/t8-,9+/m1/s1. The molecule has 1 aromatic heterocycles. The van der Waals surface area contributed by atoms with Gasteiger partial charge in [-0.2, -0.15) is 0 Å². The fourth-order valence-electron chi connectivity index (χ4n) is 2.50. The Kier molecular flexibility index (Phi) is 1.73. The molecule has 0 aliphatic heterocycles. The van der Waals surface area contributed by atoms with Crippen LogP contribution in [-0.2, 0) is 5.41 Å². The number of fused-ring (bicyclic) bond motifs is 1. The van der Waals surface area contributed by atoms with Crippen LogP contribution in [0.2, 0.25) is 0 Å². The quantitative estimate of drug-likeness (QED) is 0.590. The molecule has 0 saturated heterocycles. The van der Waals surface area contributed by atoms with Gasteiger partial charge >= 0.3 is 0 Å². The normalized spacial score (nSPS) is 30.2. The second-order valence-electron chi connectivity index (χ2n) is 4.76. The van der Waals surface area contributed by atoms with Crippen LogP contribution in [0.5, 0.6) is 0 Å². The van der Waals surface area contributed by atoms with E-state index in [1.165, 1.54) is 11.1 Å². The van der Waals surface area contributed by atoms with E-state index in [1.807, 2.05) is 12.4 Å². The maximum Gasteiger partial charge on any atom is 0.0305 e. The molecular formula is C12H17N. The van der Waals surface area contributed by atoms with Gasteiger partial charge in [-0.1, -0.05) is 27.7 Å². The summed E-state index contributed by atoms with van der Waals surface area (Å²) in [5.41, 5.74) is 3.25. The first-order valence-electron chi connectivity index (χ1n) is 4.99. The predicted octanol–water partition coefficient (Wildman–Crippen LogP) is 3.11. The summed E-state index contributed by atoms with van der Waals surface area (Å²) in [5, 5.41) is 0. The Morgan fingerprint density at radius 2 is 2.00 bits per heavy atom. The SMILES string of the molecule is C[C@H]1c2cnccc2C(C)(C)[C@H]1C. The van der Waals surface area contributed by atoms with Gasteiger partial charge in [0.2, 0.25) is 0 Å². The molecule has 2 atom stereocenters. The highest BCUT2D eigenvalue weighted by Gasteiger charge is 2.41. The molecule has 0 fully saturated rings. The number of hydrogen-bond donors (Lipinski definition) is 0. The van der Waals surface area contributed by atoms with E-state index < -0.39 is 0 Å². The minimum absolute atomic E-state index is 0.317. The molecule has 0 aromatic carbocycles. The van der Waals surface area contributed by atoms with E-state index in [0.717, 1.165) is 0 Å². The van der Waals surface area contributed by atoms with Crippen LogP contribution in [0.3, 0.4) is 0 Å². The van der Waals surface area contributed by atoms with Crippen molar-refractivity contribution in [2.24, 2.45) is 5.92 Å². The molecule has 13 heavy (non-hydrogen) atoms. The van der Waals surface area contributed by atoms with E-state index in [9.17, 15) is 0 Å². The monoisotopic (exact) mass is 175 g/mol. The molecule has 1 aliphatic carbocycles. The third kappa shape index (κ3) is 1.03. The molecule has 0 N–H and O–H groups in total. The van der Waals surface area contributed by atoms with Gasteiger partial charge in [0.15, 0.2) is 0 Å². The van der Waals surface area contributed by atoms with Crippen LogP contribution in [0.1, 0.15) is 44.7 Å². The second kappa shape index (κ2) is 2.57. The van der Waals surface area contributed by atoms with Crippen molar-refractivity contribution in [2.75, 3.05) is 0 Å². The van der Waals surface area contributed by atoms with Crippen molar-refractivity contribution < 1.29 is 0 Å². The molecule has 0 unspecified atom stereocenters. The summed E-state index contributed by atoms with van der Waals surface area (Å²) in [5.74, 6) is 1.37. The van der Waals surface area contributed by atoms with E-state index >= 15 is 0 Å². The van der Waals surface area contributed by atoms with E-state index in [4.69, 9.17) is 0 Å². The van der Waals surface area contributed by atoms with E-state index in [2.05, 4.69) is 38.7 Å². The van der Waals surface area contributed by atoms with Gasteiger partial charge in [0.1, 0.15) is 0 Å². The summed E-state index contributed by atoms with van der Waals surface area (Å²) >= 11 is 0. The van der Waals surface area contributed by atoms with Gasteiger partial charge in [-0.25, -0.2) is 0 Å². The highest BCUT2D eigenvalue weighted by Crippen LogP contribution is 2.49. The number of rotatable bonds is 0. The van der Waals surface area contributed by atoms with Crippen molar-refractivity contribution in [1.82, 2.24) is 4.98 Å². The second-order valence-corrected chi connectivity index (χ2v) is 4.76. The van der Waals surface area contributed by atoms with Crippen molar-refractivity contribution in [1.29, 1.82) is 0 Å². The van der Waals surface area contributed by atoms with Crippen molar-refractivity contribution in [3.05, 3.63) is 29.6 Å². The number of pyridine rings is 1. The van der Waals surface area contributed by atoms with Crippen molar-refractivity contribution in [3.63, 3.8) is 0 Å².